The van der Waals surface area contributed by atoms with E-state index >= 15 is 0 Å². The topological polar surface area (TPSA) is 55.7 Å². The Balaban J connectivity index is 1.68. The highest BCUT2D eigenvalue weighted by molar-refractivity contribution is 5.40. The molecule has 1 fully saturated rings. The van der Waals surface area contributed by atoms with E-state index in [9.17, 15) is 10.2 Å². The molecule has 1 aromatic carbocycles. The number of nitrogens with one attached hydrogen (secondary N) is 1. The second-order valence-electron chi connectivity index (χ2n) is 4.71. The average molecular weight is 236 g/mol. The highest BCUT2D eigenvalue weighted by Gasteiger charge is 2.25. The summed E-state index contributed by atoms with van der Waals surface area (Å²) in [6.07, 6.45) is 2.67. The zero-order valence-electron chi connectivity index (χ0n) is 10.2. The first-order valence-electron chi connectivity index (χ1n) is 6.08. The van der Waals surface area contributed by atoms with Crippen LogP contribution < -0.4 is 5.32 Å². The number of hydrogen-bond donors (Lipinski definition) is 3. The first-order chi connectivity index (χ1) is 8.16. The summed E-state index contributed by atoms with van der Waals surface area (Å²) >= 11 is 0. The molecular weight excluding hydrogens is 216 g/mol. The molecule has 17 heavy (non-hydrogen) atoms. The van der Waals surface area contributed by atoms with Gasteiger partial charge in [-0.25, -0.2) is 0 Å². The van der Waals surface area contributed by atoms with Crippen LogP contribution in [0.3, 0.4) is 0 Å². The van der Waals surface area contributed by atoms with Gasteiger partial charge in [-0.3, -0.25) is 0 Å². The molecule has 2 rings (SSSR count). The van der Waals surface area contributed by atoms with Crippen molar-refractivity contribution >= 4 is 0 Å². The summed E-state index contributed by atoms with van der Waals surface area (Å²) < 4.78 is 0. The Kier molecular flexibility index (Phi) is 3.86. The molecule has 0 spiro atoms. The van der Waals surface area contributed by atoms with Crippen molar-refractivity contribution < 1.29 is 10.2 Å². The van der Waals surface area contributed by atoms with Gasteiger partial charge in [0.2, 0.25) is 0 Å². The zero-order chi connectivity index (χ0) is 12.3. The third-order valence-electron chi connectivity index (χ3n) is 3.18. The monoisotopic (exact) mass is 236 g/mol. The van der Waals surface area contributed by atoms with Crippen LogP contribution in [0.4, 0.5) is 0 Å². The summed E-state index contributed by atoms with van der Waals surface area (Å²) in [6, 6.07) is 5.72. The van der Waals surface area contributed by atoms with Gasteiger partial charge < -0.3 is 20.4 Å². The highest BCUT2D eigenvalue weighted by atomic mass is 16.3. The predicted molar refractivity (Wildman–Crippen MR) is 67.1 cm³/mol. The van der Waals surface area contributed by atoms with Crippen molar-refractivity contribution in [2.45, 2.75) is 25.4 Å². The van der Waals surface area contributed by atoms with Gasteiger partial charge in [0.05, 0.1) is 0 Å². The number of nitrogens with zero attached hydrogens (tertiary/aromatic N) is 1. The Morgan fingerprint density at radius 3 is 2.71 bits per heavy atom. The van der Waals surface area contributed by atoms with Crippen LogP contribution in [0, 0.1) is 0 Å². The molecule has 1 aliphatic rings. The lowest BCUT2D eigenvalue weighted by Gasteiger charge is -2.15. The van der Waals surface area contributed by atoms with Crippen LogP contribution in [-0.2, 0) is 6.54 Å². The van der Waals surface area contributed by atoms with Crippen molar-refractivity contribution in [3.8, 4) is 11.5 Å². The molecule has 0 heterocycles. The number of benzene rings is 1. The van der Waals surface area contributed by atoms with Crippen LogP contribution in [0.1, 0.15) is 18.4 Å². The van der Waals surface area contributed by atoms with Crippen LogP contribution in [0.15, 0.2) is 18.2 Å². The van der Waals surface area contributed by atoms with Crippen LogP contribution in [0.5, 0.6) is 11.5 Å². The minimum absolute atomic E-state index is 0.0561. The van der Waals surface area contributed by atoms with Gasteiger partial charge >= 0.3 is 0 Å². The number of rotatable bonds is 6. The molecule has 1 saturated carbocycles. The number of hydrogen-bond acceptors (Lipinski definition) is 4. The van der Waals surface area contributed by atoms with Crippen molar-refractivity contribution in [1.29, 1.82) is 0 Å². The highest BCUT2D eigenvalue weighted by Crippen LogP contribution is 2.25. The van der Waals surface area contributed by atoms with Crippen LogP contribution in [0.2, 0.25) is 0 Å². The van der Waals surface area contributed by atoms with Crippen molar-refractivity contribution in [3.05, 3.63) is 23.8 Å². The summed E-state index contributed by atoms with van der Waals surface area (Å²) in [4.78, 5) is 2.38. The molecule has 0 atom stereocenters. The Morgan fingerprint density at radius 2 is 2.06 bits per heavy atom. The van der Waals surface area contributed by atoms with E-state index in [4.69, 9.17) is 0 Å². The molecule has 4 nitrogen and oxygen atoms in total. The molecule has 0 aromatic heterocycles. The smallest absolute Gasteiger partial charge is 0.157 e. The fraction of sp³-hybridized carbons (Fsp3) is 0.538. The Labute approximate surface area is 102 Å². The maximum Gasteiger partial charge on any atom is 0.157 e. The Hall–Kier alpha value is -1.26. The van der Waals surface area contributed by atoms with Gasteiger partial charge in [-0.1, -0.05) is 6.07 Å². The van der Waals surface area contributed by atoms with E-state index < -0.39 is 0 Å². The fourth-order valence-electron chi connectivity index (χ4n) is 1.86. The van der Waals surface area contributed by atoms with Gasteiger partial charge in [0.1, 0.15) is 0 Å². The molecule has 0 aliphatic heterocycles. The molecule has 0 radical (unpaired) electrons. The molecule has 1 aromatic rings. The van der Waals surface area contributed by atoms with Crippen LogP contribution >= 0.6 is 0 Å². The van der Waals surface area contributed by atoms with Crippen LogP contribution in [-0.4, -0.2) is 41.3 Å². The lowest BCUT2D eigenvalue weighted by Crippen LogP contribution is -2.30. The van der Waals surface area contributed by atoms with E-state index in [2.05, 4.69) is 17.3 Å². The normalized spacial score (nSPS) is 15.4. The summed E-state index contributed by atoms with van der Waals surface area (Å²) in [5, 5.41) is 21.8. The van der Waals surface area contributed by atoms with E-state index in [0.717, 1.165) is 24.7 Å². The van der Waals surface area contributed by atoms with Gasteiger partial charge in [0.25, 0.3) is 0 Å². The lowest BCUT2D eigenvalue weighted by molar-refractivity contribution is 0.321. The standard InChI is InChI=1S/C13H20N2O2/c1-15(11-3-4-11)7-6-14-9-10-2-5-12(16)13(17)8-10/h2,5,8,11,14,16-17H,3-4,6-7,9H2,1H3. The molecule has 94 valence electrons. The maximum absolute atomic E-state index is 9.34. The lowest BCUT2D eigenvalue weighted by atomic mass is 10.2. The molecule has 0 bridgehead atoms. The van der Waals surface area contributed by atoms with Gasteiger partial charge in [-0.2, -0.15) is 0 Å². The third-order valence-corrected chi connectivity index (χ3v) is 3.18. The SMILES string of the molecule is CN(CCNCc1ccc(O)c(O)c1)C1CC1. The molecule has 0 unspecified atom stereocenters. The van der Waals surface area contributed by atoms with Gasteiger partial charge in [0.15, 0.2) is 11.5 Å². The molecule has 0 saturated heterocycles. The van der Waals surface area contributed by atoms with Gasteiger partial charge in [-0.15, -0.1) is 0 Å². The number of aromatic hydroxyl groups is 2. The summed E-state index contributed by atoms with van der Waals surface area (Å²) in [6.45, 7) is 2.70. The summed E-state index contributed by atoms with van der Waals surface area (Å²) in [5.74, 6) is -0.124. The molecular formula is C13H20N2O2. The van der Waals surface area contributed by atoms with Crippen molar-refractivity contribution in [3.63, 3.8) is 0 Å². The predicted octanol–water partition coefficient (Wildman–Crippen LogP) is 1.28. The van der Waals surface area contributed by atoms with E-state index in [1.165, 1.54) is 18.9 Å². The van der Waals surface area contributed by atoms with Crippen molar-refractivity contribution in [2.75, 3.05) is 20.1 Å². The molecule has 4 heteroatoms. The zero-order valence-corrected chi connectivity index (χ0v) is 10.2. The largest absolute Gasteiger partial charge is 0.504 e. The quantitative estimate of drug-likeness (QED) is 0.514. The van der Waals surface area contributed by atoms with E-state index in [-0.39, 0.29) is 11.5 Å². The Morgan fingerprint density at radius 1 is 1.29 bits per heavy atom. The molecule has 1 aliphatic carbocycles. The summed E-state index contributed by atoms with van der Waals surface area (Å²) in [5.41, 5.74) is 0.981. The summed E-state index contributed by atoms with van der Waals surface area (Å²) in [7, 11) is 2.16. The van der Waals surface area contributed by atoms with Gasteiger partial charge in [0, 0.05) is 25.7 Å². The third kappa shape index (κ3) is 3.61. The molecule has 0 amide bonds. The number of likely N-dealkylation sites (N-methyl/N-ethyl adjacent to an activating group) is 1. The first kappa shape index (κ1) is 12.2. The molecule has 3 N–H and O–H groups in total. The van der Waals surface area contributed by atoms with E-state index in [0.29, 0.717) is 6.54 Å². The first-order valence-corrected chi connectivity index (χ1v) is 6.08. The number of phenolic OH excluding ortho intramolecular Hbond substituents is 2. The Bertz CT molecular complexity index is 378. The average Bonchev–Trinajstić information content (AvgIpc) is 3.13. The number of phenols is 2. The van der Waals surface area contributed by atoms with Crippen molar-refractivity contribution in [1.82, 2.24) is 10.2 Å². The van der Waals surface area contributed by atoms with E-state index in [1.54, 1.807) is 6.07 Å². The fourth-order valence-corrected chi connectivity index (χ4v) is 1.86. The van der Waals surface area contributed by atoms with Crippen LogP contribution in [0.25, 0.3) is 0 Å². The minimum atomic E-state index is -0.0674. The van der Waals surface area contributed by atoms with E-state index in [1.807, 2.05) is 6.07 Å². The second-order valence-corrected chi connectivity index (χ2v) is 4.71. The second kappa shape index (κ2) is 5.38. The maximum atomic E-state index is 9.34. The van der Waals surface area contributed by atoms with Gasteiger partial charge in [-0.05, 0) is 37.6 Å². The minimum Gasteiger partial charge on any atom is -0.504 e. The van der Waals surface area contributed by atoms with Crippen molar-refractivity contribution in [2.24, 2.45) is 0 Å².